The summed E-state index contributed by atoms with van der Waals surface area (Å²) in [7, 11) is 1.61. The standard InChI is InChI=1S/C20H16N2O4/c1-24-16-7-4-6-14(9-16)19-11-15(22-26-19)12-25-20(23)18-10-13-5-2-3-8-17(13)21-18/h2-11,21H,12H2,1H3. The van der Waals surface area contributed by atoms with Crippen LogP contribution in [0.25, 0.3) is 22.2 Å². The lowest BCUT2D eigenvalue weighted by Crippen LogP contribution is -2.05. The van der Waals surface area contributed by atoms with Gasteiger partial charge in [0.1, 0.15) is 23.7 Å². The number of fused-ring (bicyclic) bond motifs is 1. The van der Waals surface area contributed by atoms with Crippen LogP contribution in [0.2, 0.25) is 0 Å². The molecule has 2 heterocycles. The van der Waals surface area contributed by atoms with Gasteiger partial charge in [0.25, 0.3) is 0 Å². The van der Waals surface area contributed by atoms with Crippen molar-refractivity contribution in [3.8, 4) is 17.1 Å². The molecule has 0 bridgehead atoms. The molecule has 0 amide bonds. The number of hydrogen-bond donors (Lipinski definition) is 1. The van der Waals surface area contributed by atoms with E-state index in [0.29, 0.717) is 17.1 Å². The molecule has 26 heavy (non-hydrogen) atoms. The van der Waals surface area contributed by atoms with Crippen molar-refractivity contribution >= 4 is 16.9 Å². The zero-order valence-electron chi connectivity index (χ0n) is 14.1. The van der Waals surface area contributed by atoms with Crippen molar-refractivity contribution in [1.82, 2.24) is 10.1 Å². The van der Waals surface area contributed by atoms with Gasteiger partial charge >= 0.3 is 5.97 Å². The molecule has 0 spiro atoms. The first kappa shape index (κ1) is 16.0. The first-order valence-electron chi connectivity index (χ1n) is 8.08. The molecule has 6 nitrogen and oxygen atoms in total. The van der Waals surface area contributed by atoms with Crippen molar-refractivity contribution in [3.05, 3.63) is 72.1 Å². The van der Waals surface area contributed by atoms with Crippen LogP contribution in [0, 0.1) is 0 Å². The molecule has 130 valence electrons. The van der Waals surface area contributed by atoms with Crippen LogP contribution >= 0.6 is 0 Å². The number of nitrogens with zero attached hydrogens (tertiary/aromatic N) is 1. The predicted molar refractivity (Wildman–Crippen MR) is 95.9 cm³/mol. The van der Waals surface area contributed by atoms with Crippen molar-refractivity contribution in [2.75, 3.05) is 7.11 Å². The molecular formula is C20H16N2O4. The Kier molecular flexibility index (Phi) is 4.15. The summed E-state index contributed by atoms with van der Waals surface area (Å²) >= 11 is 0. The van der Waals surface area contributed by atoms with Gasteiger partial charge in [-0.15, -0.1) is 0 Å². The van der Waals surface area contributed by atoms with Gasteiger partial charge in [-0.3, -0.25) is 0 Å². The maximum atomic E-state index is 12.2. The third kappa shape index (κ3) is 3.17. The summed E-state index contributed by atoms with van der Waals surface area (Å²) in [6.45, 7) is 0.0294. The highest BCUT2D eigenvalue weighted by Crippen LogP contribution is 2.24. The molecule has 0 fully saturated rings. The van der Waals surface area contributed by atoms with Gasteiger partial charge in [0.2, 0.25) is 0 Å². The Morgan fingerprint density at radius 1 is 1.12 bits per heavy atom. The summed E-state index contributed by atoms with van der Waals surface area (Å²) < 4.78 is 15.9. The second-order valence-corrected chi connectivity index (χ2v) is 5.76. The Hall–Kier alpha value is -3.54. The highest BCUT2D eigenvalue weighted by molar-refractivity contribution is 5.94. The fourth-order valence-electron chi connectivity index (χ4n) is 2.69. The second-order valence-electron chi connectivity index (χ2n) is 5.76. The summed E-state index contributed by atoms with van der Waals surface area (Å²) in [6.07, 6.45) is 0. The Morgan fingerprint density at radius 2 is 2.00 bits per heavy atom. The number of nitrogens with one attached hydrogen (secondary N) is 1. The van der Waals surface area contributed by atoms with Crippen LogP contribution in [0.3, 0.4) is 0 Å². The van der Waals surface area contributed by atoms with Crippen molar-refractivity contribution in [2.45, 2.75) is 6.61 Å². The summed E-state index contributed by atoms with van der Waals surface area (Å²) in [5.74, 6) is 0.874. The Labute approximate surface area is 149 Å². The van der Waals surface area contributed by atoms with Gasteiger partial charge in [-0.2, -0.15) is 0 Å². The van der Waals surface area contributed by atoms with Gasteiger partial charge in [-0.05, 0) is 24.3 Å². The average Bonchev–Trinajstić information content (AvgIpc) is 3.33. The van der Waals surface area contributed by atoms with Crippen molar-refractivity contribution in [2.24, 2.45) is 0 Å². The molecule has 4 aromatic rings. The minimum absolute atomic E-state index is 0.0294. The molecule has 0 unspecified atom stereocenters. The van der Waals surface area contributed by atoms with Crippen LogP contribution in [-0.2, 0) is 11.3 Å². The number of aromatic amines is 1. The molecule has 0 aliphatic heterocycles. The lowest BCUT2D eigenvalue weighted by Gasteiger charge is -2.00. The van der Waals surface area contributed by atoms with Gasteiger partial charge in [0.05, 0.1) is 7.11 Å². The number of para-hydroxylation sites is 1. The Balaban J connectivity index is 1.44. The highest BCUT2D eigenvalue weighted by Gasteiger charge is 2.13. The number of esters is 1. The van der Waals surface area contributed by atoms with Crippen LogP contribution < -0.4 is 4.74 Å². The molecule has 0 saturated carbocycles. The lowest BCUT2D eigenvalue weighted by molar-refractivity contribution is 0.0458. The molecule has 1 N–H and O–H groups in total. The Morgan fingerprint density at radius 3 is 2.85 bits per heavy atom. The molecule has 0 atom stereocenters. The van der Waals surface area contributed by atoms with E-state index >= 15 is 0 Å². The van der Waals surface area contributed by atoms with Crippen LogP contribution in [0.1, 0.15) is 16.2 Å². The number of aromatic nitrogens is 2. The lowest BCUT2D eigenvalue weighted by atomic mass is 10.1. The molecule has 0 aliphatic rings. The van der Waals surface area contributed by atoms with E-state index in [-0.39, 0.29) is 6.61 Å². The number of hydrogen-bond acceptors (Lipinski definition) is 5. The van der Waals surface area contributed by atoms with E-state index in [0.717, 1.165) is 22.2 Å². The fourth-order valence-corrected chi connectivity index (χ4v) is 2.69. The summed E-state index contributed by atoms with van der Waals surface area (Å²) in [4.78, 5) is 15.3. The number of ether oxygens (including phenoxy) is 2. The molecule has 2 aromatic heterocycles. The van der Waals surface area contributed by atoms with E-state index in [9.17, 15) is 4.79 Å². The first-order chi connectivity index (χ1) is 12.7. The van der Waals surface area contributed by atoms with Gasteiger partial charge in [-0.25, -0.2) is 4.79 Å². The van der Waals surface area contributed by atoms with E-state index in [1.165, 1.54) is 0 Å². The van der Waals surface area contributed by atoms with E-state index in [2.05, 4.69) is 10.1 Å². The van der Waals surface area contributed by atoms with Gasteiger partial charge in [0, 0.05) is 22.5 Å². The fraction of sp³-hybridized carbons (Fsp3) is 0.100. The van der Waals surface area contributed by atoms with E-state index < -0.39 is 5.97 Å². The minimum Gasteiger partial charge on any atom is -0.497 e. The number of methoxy groups -OCH3 is 1. The van der Waals surface area contributed by atoms with E-state index in [4.69, 9.17) is 14.0 Å². The molecule has 0 radical (unpaired) electrons. The third-order valence-electron chi connectivity index (χ3n) is 4.01. The number of H-pyrrole nitrogens is 1. The topological polar surface area (TPSA) is 77.4 Å². The molecule has 0 aliphatic carbocycles. The zero-order valence-corrected chi connectivity index (χ0v) is 14.1. The number of carbonyl (C=O) groups is 1. The second kappa shape index (κ2) is 6.76. The van der Waals surface area contributed by atoms with Crippen molar-refractivity contribution in [3.63, 3.8) is 0 Å². The smallest absolute Gasteiger partial charge is 0.355 e. The van der Waals surface area contributed by atoms with E-state index in [1.54, 1.807) is 19.2 Å². The number of carbonyl (C=O) groups excluding carboxylic acids is 1. The molecule has 2 aromatic carbocycles. The summed E-state index contributed by atoms with van der Waals surface area (Å²) in [5.41, 5.74) is 2.67. The monoisotopic (exact) mass is 348 g/mol. The zero-order chi connectivity index (χ0) is 17.9. The maximum absolute atomic E-state index is 12.2. The highest BCUT2D eigenvalue weighted by atomic mass is 16.5. The Bertz CT molecular complexity index is 1030. The van der Waals surface area contributed by atoms with Crippen molar-refractivity contribution < 1.29 is 18.8 Å². The molecule has 4 rings (SSSR count). The van der Waals surface area contributed by atoms with Crippen LogP contribution in [0.5, 0.6) is 5.75 Å². The minimum atomic E-state index is -0.438. The van der Waals surface area contributed by atoms with Crippen LogP contribution in [-0.4, -0.2) is 23.2 Å². The van der Waals surface area contributed by atoms with Crippen LogP contribution in [0.15, 0.2) is 65.2 Å². The molecular weight excluding hydrogens is 332 g/mol. The SMILES string of the molecule is COc1cccc(-c2cc(COC(=O)c3cc4ccccc4[nH]3)no2)c1. The summed E-state index contributed by atoms with van der Waals surface area (Å²) in [6, 6.07) is 18.6. The molecule has 6 heteroatoms. The maximum Gasteiger partial charge on any atom is 0.355 e. The van der Waals surface area contributed by atoms with Gasteiger partial charge < -0.3 is 19.0 Å². The molecule has 0 saturated heterocycles. The first-order valence-corrected chi connectivity index (χ1v) is 8.08. The van der Waals surface area contributed by atoms with E-state index in [1.807, 2.05) is 48.5 Å². The van der Waals surface area contributed by atoms with Crippen LogP contribution in [0.4, 0.5) is 0 Å². The predicted octanol–water partition coefficient (Wildman–Crippen LogP) is 4.19. The normalized spacial score (nSPS) is 10.8. The third-order valence-corrected chi connectivity index (χ3v) is 4.01. The van der Waals surface area contributed by atoms with Gasteiger partial charge in [0.15, 0.2) is 5.76 Å². The summed E-state index contributed by atoms with van der Waals surface area (Å²) in [5, 5.41) is 4.91. The largest absolute Gasteiger partial charge is 0.497 e. The quantitative estimate of drug-likeness (QED) is 0.547. The average molecular weight is 348 g/mol. The number of rotatable bonds is 5. The van der Waals surface area contributed by atoms with Gasteiger partial charge in [-0.1, -0.05) is 35.5 Å². The van der Waals surface area contributed by atoms with Crippen molar-refractivity contribution in [1.29, 1.82) is 0 Å². The number of benzene rings is 2.